The Bertz CT molecular complexity index is 798. The summed E-state index contributed by atoms with van der Waals surface area (Å²) in [5, 5.41) is 0. The van der Waals surface area contributed by atoms with E-state index in [9.17, 15) is 19.2 Å². The van der Waals surface area contributed by atoms with Gasteiger partial charge in [-0.2, -0.15) is 0 Å². The summed E-state index contributed by atoms with van der Waals surface area (Å²) in [5.41, 5.74) is 1.35. The number of hydrogen-bond donors (Lipinski definition) is 0. The molecule has 0 aliphatic carbocycles. The number of likely N-dealkylation sites (tertiary alicyclic amines) is 3. The van der Waals surface area contributed by atoms with E-state index in [1.165, 1.54) is 4.90 Å². The third kappa shape index (κ3) is 4.04. The molecule has 1 aromatic carbocycles. The van der Waals surface area contributed by atoms with Crippen LogP contribution in [0.4, 0.5) is 0 Å². The lowest BCUT2D eigenvalue weighted by molar-refractivity contribution is -0.139. The number of piperidine rings is 1. The number of carbonyl (C=O) groups is 4. The van der Waals surface area contributed by atoms with E-state index in [1.54, 1.807) is 29.2 Å². The highest BCUT2D eigenvalue weighted by Gasteiger charge is 2.36. The molecule has 1 aromatic rings. The maximum Gasteiger partial charge on any atom is 0.254 e. The van der Waals surface area contributed by atoms with E-state index < -0.39 is 0 Å². The zero-order valence-electron chi connectivity index (χ0n) is 16.6. The van der Waals surface area contributed by atoms with Crippen LogP contribution in [0.15, 0.2) is 24.3 Å². The molecule has 7 nitrogen and oxygen atoms in total. The minimum Gasteiger partial charge on any atom is -0.341 e. The molecular weight excluding hydrogens is 370 g/mol. The number of benzene rings is 1. The number of nitrogens with zero attached hydrogens (tertiary/aromatic N) is 3. The van der Waals surface area contributed by atoms with Gasteiger partial charge in [0.15, 0.2) is 0 Å². The predicted octanol–water partition coefficient (Wildman–Crippen LogP) is 1.95. The van der Waals surface area contributed by atoms with Crippen LogP contribution >= 0.6 is 0 Å². The summed E-state index contributed by atoms with van der Waals surface area (Å²) in [6.45, 7) is 2.42. The monoisotopic (exact) mass is 397 g/mol. The van der Waals surface area contributed by atoms with Crippen molar-refractivity contribution in [3.63, 3.8) is 0 Å². The molecule has 3 fully saturated rings. The van der Waals surface area contributed by atoms with Gasteiger partial charge in [-0.1, -0.05) is 12.1 Å². The van der Waals surface area contributed by atoms with Gasteiger partial charge in [-0.05, 0) is 49.8 Å². The van der Waals surface area contributed by atoms with Crippen molar-refractivity contribution < 1.29 is 19.2 Å². The minimum absolute atomic E-state index is 0.0817. The van der Waals surface area contributed by atoms with Crippen LogP contribution in [0.2, 0.25) is 0 Å². The highest BCUT2D eigenvalue weighted by molar-refractivity contribution is 6.02. The van der Waals surface area contributed by atoms with Gasteiger partial charge in [-0.15, -0.1) is 0 Å². The van der Waals surface area contributed by atoms with Gasteiger partial charge >= 0.3 is 0 Å². The topological polar surface area (TPSA) is 78.0 Å². The molecule has 4 rings (SSSR count). The summed E-state index contributed by atoms with van der Waals surface area (Å²) in [6.07, 6.45) is 5.22. The first-order valence-electron chi connectivity index (χ1n) is 10.6. The summed E-state index contributed by atoms with van der Waals surface area (Å²) in [7, 11) is 0. The molecule has 0 N–H and O–H groups in total. The Labute approximate surface area is 170 Å². The Hall–Kier alpha value is -2.70. The Morgan fingerprint density at radius 2 is 1.48 bits per heavy atom. The van der Waals surface area contributed by atoms with Crippen molar-refractivity contribution >= 4 is 23.6 Å². The summed E-state index contributed by atoms with van der Waals surface area (Å²) in [5.74, 6) is -0.334. The summed E-state index contributed by atoms with van der Waals surface area (Å²) in [4.78, 5) is 54.5. The second kappa shape index (κ2) is 8.35. The van der Waals surface area contributed by atoms with E-state index in [0.717, 1.165) is 50.8 Å². The van der Waals surface area contributed by atoms with Crippen molar-refractivity contribution in [1.29, 1.82) is 0 Å². The van der Waals surface area contributed by atoms with Crippen LogP contribution < -0.4 is 0 Å². The Balaban J connectivity index is 1.45. The van der Waals surface area contributed by atoms with Crippen LogP contribution in [0.25, 0.3) is 0 Å². The van der Waals surface area contributed by atoms with Gasteiger partial charge < -0.3 is 9.80 Å². The maximum absolute atomic E-state index is 13.1. The van der Waals surface area contributed by atoms with Gasteiger partial charge in [0.05, 0.1) is 6.54 Å². The predicted molar refractivity (Wildman–Crippen MR) is 106 cm³/mol. The summed E-state index contributed by atoms with van der Waals surface area (Å²) in [6, 6.07) is 6.67. The quantitative estimate of drug-likeness (QED) is 0.728. The molecule has 7 heteroatoms. The van der Waals surface area contributed by atoms with Gasteiger partial charge in [0.2, 0.25) is 17.7 Å². The standard InChI is InChI=1S/C22H27N3O4/c26-19-10-11-20(27)25(19)15-16-6-8-17(9-7-16)21(28)24-14-2-1-5-18(24)22(29)23-12-3-4-13-23/h6-9,18H,1-5,10-15H2. The van der Waals surface area contributed by atoms with Gasteiger partial charge in [0.25, 0.3) is 5.91 Å². The molecule has 154 valence electrons. The van der Waals surface area contributed by atoms with E-state index in [4.69, 9.17) is 0 Å². The van der Waals surface area contributed by atoms with Gasteiger partial charge in [0, 0.05) is 38.0 Å². The van der Waals surface area contributed by atoms with Gasteiger partial charge in [-0.3, -0.25) is 24.1 Å². The normalized spacial score (nSPS) is 22.5. The average Bonchev–Trinajstić information content (AvgIpc) is 3.39. The fraction of sp³-hybridized carbons (Fsp3) is 0.545. The first kappa shape index (κ1) is 19.6. The lowest BCUT2D eigenvalue weighted by Crippen LogP contribution is -2.52. The fourth-order valence-electron chi connectivity index (χ4n) is 4.48. The van der Waals surface area contributed by atoms with Crippen molar-refractivity contribution in [2.24, 2.45) is 0 Å². The van der Waals surface area contributed by atoms with E-state index in [1.807, 2.05) is 4.90 Å². The second-order valence-corrected chi connectivity index (χ2v) is 8.11. The first-order valence-corrected chi connectivity index (χ1v) is 10.6. The molecule has 1 atom stereocenters. The Kier molecular flexibility index (Phi) is 5.65. The van der Waals surface area contributed by atoms with E-state index in [2.05, 4.69) is 0 Å². The Morgan fingerprint density at radius 1 is 0.862 bits per heavy atom. The molecule has 4 amide bonds. The molecule has 0 aromatic heterocycles. The van der Waals surface area contributed by atoms with Crippen molar-refractivity contribution in [1.82, 2.24) is 14.7 Å². The zero-order chi connectivity index (χ0) is 20.4. The fourth-order valence-corrected chi connectivity index (χ4v) is 4.48. The SMILES string of the molecule is O=C(C1CCCCN1C(=O)c1ccc(CN2C(=O)CCC2=O)cc1)N1CCCC1. The molecule has 29 heavy (non-hydrogen) atoms. The van der Waals surface area contributed by atoms with Crippen LogP contribution in [0.5, 0.6) is 0 Å². The van der Waals surface area contributed by atoms with Crippen molar-refractivity contribution in [2.75, 3.05) is 19.6 Å². The maximum atomic E-state index is 13.1. The zero-order valence-corrected chi connectivity index (χ0v) is 16.6. The largest absolute Gasteiger partial charge is 0.341 e. The van der Waals surface area contributed by atoms with E-state index in [-0.39, 0.29) is 49.1 Å². The second-order valence-electron chi connectivity index (χ2n) is 8.11. The van der Waals surface area contributed by atoms with Gasteiger partial charge in [-0.25, -0.2) is 0 Å². The number of carbonyl (C=O) groups excluding carboxylic acids is 4. The van der Waals surface area contributed by atoms with Crippen LogP contribution in [0.3, 0.4) is 0 Å². The first-order chi connectivity index (χ1) is 14.0. The molecule has 3 heterocycles. The Morgan fingerprint density at radius 3 is 2.14 bits per heavy atom. The molecular formula is C22H27N3O4. The number of imide groups is 1. The number of rotatable bonds is 4. The lowest BCUT2D eigenvalue weighted by atomic mass is 9.99. The average molecular weight is 397 g/mol. The smallest absolute Gasteiger partial charge is 0.254 e. The van der Waals surface area contributed by atoms with Crippen molar-refractivity contribution in [3.8, 4) is 0 Å². The highest BCUT2D eigenvalue weighted by Crippen LogP contribution is 2.24. The molecule has 3 saturated heterocycles. The highest BCUT2D eigenvalue weighted by atomic mass is 16.2. The molecule has 0 saturated carbocycles. The van der Waals surface area contributed by atoms with Crippen LogP contribution in [0.1, 0.15) is 60.9 Å². The van der Waals surface area contributed by atoms with Crippen LogP contribution in [-0.4, -0.2) is 64.0 Å². The molecule has 0 spiro atoms. The molecule has 3 aliphatic rings. The minimum atomic E-state index is -0.367. The van der Waals surface area contributed by atoms with E-state index in [0.29, 0.717) is 12.1 Å². The number of hydrogen-bond acceptors (Lipinski definition) is 4. The molecule has 0 radical (unpaired) electrons. The lowest BCUT2D eigenvalue weighted by Gasteiger charge is -2.36. The van der Waals surface area contributed by atoms with Gasteiger partial charge in [0.1, 0.15) is 6.04 Å². The summed E-state index contributed by atoms with van der Waals surface area (Å²) < 4.78 is 0. The van der Waals surface area contributed by atoms with Crippen molar-refractivity contribution in [2.45, 2.75) is 57.5 Å². The summed E-state index contributed by atoms with van der Waals surface area (Å²) >= 11 is 0. The van der Waals surface area contributed by atoms with Crippen molar-refractivity contribution in [3.05, 3.63) is 35.4 Å². The molecule has 1 unspecified atom stereocenters. The van der Waals surface area contributed by atoms with Crippen LogP contribution in [0, 0.1) is 0 Å². The molecule has 0 bridgehead atoms. The van der Waals surface area contributed by atoms with Crippen LogP contribution in [-0.2, 0) is 20.9 Å². The third-order valence-electron chi connectivity index (χ3n) is 6.16. The third-order valence-corrected chi connectivity index (χ3v) is 6.16. The van der Waals surface area contributed by atoms with E-state index >= 15 is 0 Å². The molecule has 3 aliphatic heterocycles. The number of amides is 4.